The van der Waals surface area contributed by atoms with Crippen LogP contribution in [0.5, 0.6) is 0 Å². The summed E-state index contributed by atoms with van der Waals surface area (Å²) in [6.45, 7) is 0. The van der Waals surface area contributed by atoms with Crippen LogP contribution in [0.3, 0.4) is 0 Å². The molecule has 0 heterocycles. The summed E-state index contributed by atoms with van der Waals surface area (Å²) in [5.41, 5.74) is -0.400. The van der Waals surface area contributed by atoms with Gasteiger partial charge in [-0.3, -0.25) is 9.78 Å². The molecule has 0 unspecified atom stereocenters. The summed E-state index contributed by atoms with van der Waals surface area (Å²) < 4.78 is 0. The third-order valence-electron chi connectivity index (χ3n) is 1.53. The second-order valence-corrected chi connectivity index (χ2v) is 2.30. The zero-order valence-electron chi connectivity index (χ0n) is 7.54. The summed E-state index contributed by atoms with van der Waals surface area (Å²) in [7, 11) is 0. The van der Waals surface area contributed by atoms with Gasteiger partial charge in [0.2, 0.25) is 0 Å². The average Bonchev–Trinajstić information content (AvgIpc) is 2.27. The maximum Gasteiger partial charge on any atom is 0.373 e. The second kappa shape index (κ2) is 5.70. The van der Waals surface area contributed by atoms with E-state index in [1.807, 2.05) is 0 Å². The third-order valence-corrected chi connectivity index (χ3v) is 1.53. The smallest absolute Gasteiger partial charge is 0.344 e. The van der Waals surface area contributed by atoms with Crippen molar-refractivity contribution in [2.75, 3.05) is 0 Å². The van der Waals surface area contributed by atoms with Gasteiger partial charge in [0.1, 0.15) is 0 Å². The van der Waals surface area contributed by atoms with E-state index >= 15 is 0 Å². The second-order valence-electron chi connectivity index (χ2n) is 2.30. The molecule has 0 aliphatic carbocycles. The van der Waals surface area contributed by atoms with Gasteiger partial charge in [-0.25, -0.2) is 9.59 Å². The Hall–Kier alpha value is -1.96. The lowest BCUT2D eigenvalue weighted by molar-refractivity contribution is -0.185. The number of rotatable bonds is 2. The molecule has 0 bridgehead atoms. The minimum Gasteiger partial charge on any atom is -0.344 e. The van der Waals surface area contributed by atoms with Crippen molar-refractivity contribution in [1.82, 2.24) is 6.15 Å². The van der Waals surface area contributed by atoms with Crippen LogP contribution < -0.4 is 6.15 Å². The first-order valence-corrected chi connectivity index (χ1v) is 3.51. The highest BCUT2D eigenvalue weighted by atomic mass is 17.1. The first kappa shape index (κ1) is 13.0. The Balaban J connectivity index is 0.00000196. The molecule has 0 saturated heterocycles. The van der Waals surface area contributed by atoms with E-state index in [1.54, 1.807) is 0 Å². The quantitative estimate of drug-likeness (QED) is 0.497. The van der Waals surface area contributed by atoms with E-state index in [4.69, 9.17) is 10.5 Å². The Bertz CT molecular complexity index is 329. The summed E-state index contributed by atoms with van der Waals surface area (Å²) in [5.74, 6) is -2.21. The molecule has 15 heavy (non-hydrogen) atoms. The van der Waals surface area contributed by atoms with Crippen LogP contribution in [0.2, 0.25) is 0 Å². The summed E-state index contributed by atoms with van der Waals surface area (Å²) in [6, 6.07) is 5.40. The van der Waals surface area contributed by atoms with E-state index < -0.39 is 11.9 Å². The molecule has 0 radical (unpaired) electrons. The Morgan fingerprint density at radius 3 is 1.53 bits per heavy atom. The van der Waals surface area contributed by atoms with E-state index in [9.17, 15) is 9.59 Å². The molecule has 82 valence electrons. The predicted molar refractivity (Wildman–Crippen MR) is 47.6 cm³/mol. The number of carbonyl (C=O) groups is 2. The highest BCUT2D eigenvalue weighted by molar-refractivity contribution is 6.02. The van der Waals surface area contributed by atoms with Gasteiger partial charge in [-0.15, -0.1) is 0 Å². The fourth-order valence-electron chi connectivity index (χ4n) is 0.937. The van der Waals surface area contributed by atoms with Crippen LogP contribution in [-0.4, -0.2) is 22.5 Å². The van der Waals surface area contributed by atoms with Crippen molar-refractivity contribution < 1.29 is 29.9 Å². The van der Waals surface area contributed by atoms with E-state index in [-0.39, 0.29) is 17.3 Å². The zero-order chi connectivity index (χ0) is 10.6. The van der Waals surface area contributed by atoms with E-state index in [2.05, 4.69) is 9.78 Å². The molecule has 1 aromatic carbocycles. The standard InChI is InChI=1S/C8H6O6.H3N/c9-7(13-11)5-3-1-2-4-6(5)8(10)14-12;/h1-4,11-12H;1H3. The Morgan fingerprint density at radius 1 is 0.933 bits per heavy atom. The molecular formula is C8H9NO6. The van der Waals surface area contributed by atoms with E-state index in [1.165, 1.54) is 24.3 Å². The molecule has 1 rings (SSSR count). The normalized spacial score (nSPS) is 8.67. The van der Waals surface area contributed by atoms with E-state index in [0.29, 0.717) is 0 Å². The molecule has 0 amide bonds. The lowest BCUT2D eigenvalue weighted by Gasteiger charge is -2.02. The van der Waals surface area contributed by atoms with Gasteiger partial charge in [0, 0.05) is 0 Å². The molecule has 0 atom stereocenters. The summed E-state index contributed by atoms with van der Waals surface area (Å²) in [6.07, 6.45) is 0. The zero-order valence-corrected chi connectivity index (χ0v) is 7.54. The van der Waals surface area contributed by atoms with Crippen LogP contribution in [0.25, 0.3) is 0 Å². The molecule has 0 fully saturated rings. The van der Waals surface area contributed by atoms with Gasteiger partial charge < -0.3 is 6.15 Å². The number of benzene rings is 1. The fraction of sp³-hybridized carbons (Fsp3) is 0. The highest BCUT2D eigenvalue weighted by Gasteiger charge is 2.18. The molecule has 0 saturated carbocycles. The molecule has 7 nitrogen and oxygen atoms in total. The maximum atomic E-state index is 10.9. The van der Waals surface area contributed by atoms with Crippen LogP contribution in [0, 0.1) is 0 Å². The molecule has 5 N–H and O–H groups in total. The fourth-order valence-corrected chi connectivity index (χ4v) is 0.937. The van der Waals surface area contributed by atoms with Crippen molar-refractivity contribution >= 4 is 11.9 Å². The van der Waals surface area contributed by atoms with Crippen LogP contribution in [-0.2, 0) is 9.78 Å². The summed E-state index contributed by atoms with van der Waals surface area (Å²) >= 11 is 0. The SMILES string of the molecule is N.O=C(OO)c1ccccc1C(=O)OO. The molecular weight excluding hydrogens is 206 g/mol. The predicted octanol–water partition coefficient (Wildman–Crippen LogP) is 1.11. The van der Waals surface area contributed by atoms with Crippen molar-refractivity contribution in [3.63, 3.8) is 0 Å². The van der Waals surface area contributed by atoms with Crippen molar-refractivity contribution in [1.29, 1.82) is 0 Å². The van der Waals surface area contributed by atoms with Gasteiger partial charge in [0.05, 0.1) is 11.1 Å². The molecule has 1 aromatic rings. The molecule has 0 spiro atoms. The number of hydrogen-bond acceptors (Lipinski definition) is 7. The monoisotopic (exact) mass is 215 g/mol. The Morgan fingerprint density at radius 2 is 1.27 bits per heavy atom. The van der Waals surface area contributed by atoms with Gasteiger partial charge in [-0.05, 0) is 12.1 Å². The van der Waals surface area contributed by atoms with Crippen molar-refractivity contribution in [3.05, 3.63) is 35.4 Å². The summed E-state index contributed by atoms with van der Waals surface area (Å²) in [4.78, 5) is 28.7. The number of hydrogen-bond donors (Lipinski definition) is 3. The minimum absolute atomic E-state index is 0. The Kier molecular flexibility index (Phi) is 4.96. The van der Waals surface area contributed by atoms with Gasteiger partial charge in [0.15, 0.2) is 0 Å². The van der Waals surface area contributed by atoms with Gasteiger partial charge in [0.25, 0.3) is 0 Å². The van der Waals surface area contributed by atoms with Crippen molar-refractivity contribution in [2.24, 2.45) is 0 Å². The first-order chi connectivity index (χ1) is 6.70. The average molecular weight is 215 g/mol. The highest BCUT2D eigenvalue weighted by Crippen LogP contribution is 2.10. The van der Waals surface area contributed by atoms with Crippen LogP contribution >= 0.6 is 0 Å². The third kappa shape index (κ3) is 2.74. The van der Waals surface area contributed by atoms with Gasteiger partial charge >= 0.3 is 11.9 Å². The first-order valence-electron chi connectivity index (χ1n) is 3.51. The van der Waals surface area contributed by atoms with Crippen LogP contribution in [0.1, 0.15) is 20.7 Å². The molecule has 0 aliphatic heterocycles. The maximum absolute atomic E-state index is 10.9. The van der Waals surface area contributed by atoms with Gasteiger partial charge in [-0.2, -0.15) is 10.5 Å². The summed E-state index contributed by atoms with van der Waals surface area (Å²) in [5, 5.41) is 16.2. The minimum atomic E-state index is -1.11. The lowest BCUT2D eigenvalue weighted by Crippen LogP contribution is -2.11. The largest absolute Gasteiger partial charge is 0.373 e. The van der Waals surface area contributed by atoms with Crippen LogP contribution in [0.15, 0.2) is 24.3 Å². The van der Waals surface area contributed by atoms with Crippen molar-refractivity contribution in [3.8, 4) is 0 Å². The number of carbonyl (C=O) groups excluding carboxylic acids is 2. The molecule has 7 heteroatoms. The molecule has 0 aliphatic rings. The Labute approximate surface area is 84.3 Å². The molecule has 0 aromatic heterocycles. The topological polar surface area (TPSA) is 128 Å². The van der Waals surface area contributed by atoms with E-state index in [0.717, 1.165) is 0 Å². The lowest BCUT2D eigenvalue weighted by atomic mass is 10.1. The van der Waals surface area contributed by atoms with Gasteiger partial charge in [-0.1, -0.05) is 12.1 Å². The van der Waals surface area contributed by atoms with Crippen LogP contribution in [0.4, 0.5) is 0 Å². The van der Waals surface area contributed by atoms with Crippen molar-refractivity contribution in [2.45, 2.75) is 0 Å².